The van der Waals surface area contributed by atoms with Crippen LogP contribution in [0.4, 0.5) is 5.69 Å². The summed E-state index contributed by atoms with van der Waals surface area (Å²) < 4.78 is 0. The molecule has 0 unspecified atom stereocenters. The number of carbonyl (C=O) groups excluding carboxylic acids is 1. The second-order valence-corrected chi connectivity index (χ2v) is 4.11. The number of hydrogen-bond donors (Lipinski definition) is 1. The van der Waals surface area contributed by atoms with Crippen molar-refractivity contribution >= 4 is 11.5 Å². The lowest BCUT2D eigenvalue weighted by Gasteiger charge is -2.07. The summed E-state index contributed by atoms with van der Waals surface area (Å²) in [6.07, 6.45) is 1.57. The number of carbonyl (C=O) groups is 1. The molecular formula is C13H19NO. The van der Waals surface area contributed by atoms with Gasteiger partial charge in [0.15, 0.2) is 0 Å². The van der Waals surface area contributed by atoms with Crippen LogP contribution in [0.15, 0.2) is 18.2 Å². The summed E-state index contributed by atoms with van der Waals surface area (Å²) in [6.45, 7) is 6.68. The molecule has 0 bridgehead atoms. The molecule has 0 aliphatic rings. The van der Waals surface area contributed by atoms with Gasteiger partial charge < -0.3 is 10.1 Å². The molecule has 0 spiro atoms. The van der Waals surface area contributed by atoms with Crippen molar-refractivity contribution in [1.82, 2.24) is 0 Å². The molecule has 0 heterocycles. The van der Waals surface area contributed by atoms with Crippen LogP contribution in [-0.2, 0) is 4.79 Å². The number of rotatable bonds is 5. The SMILES string of the molecule is CC(=O)CCCNc1cc(C)cc(C)c1. The average molecular weight is 205 g/mol. The molecule has 0 saturated carbocycles. The summed E-state index contributed by atoms with van der Waals surface area (Å²) in [6, 6.07) is 6.41. The molecule has 0 amide bonds. The quantitative estimate of drug-likeness (QED) is 0.748. The maximum Gasteiger partial charge on any atom is 0.129 e. The van der Waals surface area contributed by atoms with E-state index < -0.39 is 0 Å². The molecule has 1 aromatic rings. The molecule has 2 heteroatoms. The third kappa shape index (κ3) is 4.63. The zero-order valence-corrected chi connectivity index (χ0v) is 9.76. The molecule has 0 saturated heterocycles. The fraction of sp³-hybridized carbons (Fsp3) is 0.462. The molecule has 1 N–H and O–H groups in total. The van der Waals surface area contributed by atoms with E-state index in [2.05, 4.69) is 37.4 Å². The van der Waals surface area contributed by atoms with Gasteiger partial charge in [-0.15, -0.1) is 0 Å². The predicted octanol–water partition coefficient (Wildman–Crippen LogP) is 3.08. The van der Waals surface area contributed by atoms with Crippen molar-refractivity contribution < 1.29 is 4.79 Å². The Bertz CT molecular complexity index is 324. The Balaban J connectivity index is 2.40. The highest BCUT2D eigenvalue weighted by molar-refractivity contribution is 5.75. The van der Waals surface area contributed by atoms with Gasteiger partial charge in [0.05, 0.1) is 0 Å². The van der Waals surface area contributed by atoms with E-state index in [-0.39, 0.29) is 5.78 Å². The van der Waals surface area contributed by atoms with Crippen LogP contribution in [0.3, 0.4) is 0 Å². The number of aryl methyl sites for hydroxylation is 2. The highest BCUT2D eigenvalue weighted by Gasteiger charge is 1.96. The Morgan fingerprint density at radius 1 is 1.20 bits per heavy atom. The minimum absolute atomic E-state index is 0.261. The molecule has 0 aromatic heterocycles. The summed E-state index contributed by atoms with van der Waals surface area (Å²) in [4.78, 5) is 10.7. The molecule has 2 nitrogen and oxygen atoms in total. The first-order chi connectivity index (χ1) is 7.08. The van der Waals surface area contributed by atoms with E-state index in [0.717, 1.165) is 18.7 Å². The molecule has 82 valence electrons. The van der Waals surface area contributed by atoms with E-state index in [1.807, 2.05) is 0 Å². The zero-order chi connectivity index (χ0) is 11.3. The Morgan fingerprint density at radius 3 is 2.33 bits per heavy atom. The summed E-state index contributed by atoms with van der Waals surface area (Å²) >= 11 is 0. The van der Waals surface area contributed by atoms with Gasteiger partial charge in [-0.3, -0.25) is 0 Å². The number of benzene rings is 1. The first-order valence-corrected chi connectivity index (χ1v) is 5.39. The molecule has 0 aliphatic heterocycles. The minimum atomic E-state index is 0.261. The monoisotopic (exact) mass is 205 g/mol. The smallest absolute Gasteiger partial charge is 0.129 e. The van der Waals surface area contributed by atoms with Gasteiger partial charge in [-0.1, -0.05) is 6.07 Å². The zero-order valence-electron chi connectivity index (χ0n) is 9.76. The Kier molecular flexibility index (Phi) is 4.35. The van der Waals surface area contributed by atoms with Crippen molar-refractivity contribution in [3.05, 3.63) is 29.3 Å². The fourth-order valence-electron chi connectivity index (χ4n) is 1.65. The van der Waals surface area contributed by atoms with E-state index in [9.17, 15) is 4.79 Å². The average Bonchev–Trinajstić information content (AvgIpc) is 2.10. The Morgan fingerprint density at radius 2 is 1.80 bits per heavy atom. The summed E-state index contributed by atoms with van der Waals surface area (Å²) in [5.74, 6) is 0.261. The van der Waals surface area contributed by atoms with E-state index in [1.165, 1.54) is 11.1 Å². The second kappa shape index (κ2) is 5.54. The lowest BCUT2D eigenvalue weighted by atomic mass is 10.1. The number of nitrogens with one attached hydrogen (secondary N) is 1. The summed E-state index contributed by atoms with van der Waals surface area (Å²) in [5, 5.41) is 3.33. The van der Waals surface area contributed by atoms with Crippen LogP contribution >= 0.6 is 0 Å². The summed E-state index contributed by atoms with van der Waals surface area (Å²) in [5.41, 5.74) is 3.68. The maximum absolute atomic E-state index is 10.7. The third-order valence-electron chi connectivity index (χ3n) is 2.26. The van der Waals surface area contributed by atoms with E-state index in [0.29, 0.717) is 6.42 Å². The van der Waals surface area contributed by atoms with Crippen molar-refractivity contribution in [1.29, 1.82) is 0 Å². The topological polar surface area (TPSA) is 29.1 Å². The molecule has 0 radical (unpaired) electrons. The number of Topliss-reactive ketones (excluding diaryl/α,β-unsaturated/α-hetero) is 1. The van der Waals surface area contributed by atoms with Crippen molar-refractivity contribution in [2.75, 3.05) is 11.9 Å². The summed E-state index contributed by atoms with van der Waals surface area (Å²) in [7, 11) is 0. The highest BCUT2D eigenvalue weighted by Crippen LogP contribution is 2.13. The molecule has 15 heavy (non-hydrogen) atoms. The van der Waals surface area contributed by atoms with Gasteiger partial charge in [0, 0.05) is 18.7 Å². The Hall–Kier alpha value is -1.31. The third-order valence-corrected chi connectivity index (χ3v) is 2.26. The number of anilines is 1. The van der Waals surface area contributed by atoms with E-state index >= 15 is 0 Å². The molecule has 1 aromatic carbocycles. The fourth-order valence-corrected chi connectivity index (χ4v) is 1.65. The standard InChI is InChI=1S/C13H19NO/c1-10-7-11(2)9-13(8-10)14-6-4-5-12(3)15/h7-9,14H,4-6H2,1-3H3. The predicted molar refractivity (Wildman–Crippen MR) is 64.3 cm³/mol. The second-order valence-electron chi connectivity index (χ2n) is 4.11. The van der Waals surface area contributed by atoms with Gasteiger partial charge in [0.25, 0.3) is 0 Å². The molecular weight excluding hydrogens is 186 g/mol. The first kappa shape index (κ1) is 11.8. The number of ketones is 1. The lowest BCUT2D eigenvalue weighted by molar-refractivity contribution is -0.117. The van der Waals surface area contributed by atoms with Crippen LogP contribution in [0.5, 0.6) is 0 Å². The normalized spacial score (nSPS) is 10.1. The lowest BCUT2D eigenvalue weighted by Crippen LogP contribution is -2.04. The van der Waals surface area contributed by atoms with Gasteiger partial charge >= 0.3 is 0 Å². The van der Waals surface area contributed by atoms with Crippen LogP contribution in [0.25, 0.3) is 0 Å². The van der Waals surface area contributed by atoms with Gasteiger partial charge in [0.1, 0.15) is 5.78 Å². The van der Waals surface area contributed by atoms with Crippen LogP contribution in [0.1, 0.15) is 30.9 Å². The van der Waals surface area contributed by atoms with Crippen LogP contribution in [0.2, 0.25) is 0 Å². The van der Waals surface area contributed by atoms with Crippen LogP contribution < -0.4 is 5.32 Å². The van der Waals surface area contributed by atoms with E-state index in [1.54, 1.807) is 6.92 Å². The maximum atomic E-state index is 10.7. The Labute approximate surface area is 91.7 Å². The van der Waals surface area contributed by atoms with Crippen molar-refractivity contribution in [2.45, 2.75) is 33.6 Å². The van der Waals surface area contributed by atoms with Crippen molar-refractivity contribution in [2.24, 2.45) is 0 Å². The first-order valence-electron chi connectivity index (χ1n) is 5.39. The largest absolute Gasteiger partial charge is 0.385 e. The number of hydrogen-bond acceptors (Lipinski definition) is 2. The van der Waals surface area contributed by atoms with Crippen LogP contribution in [-0.4, -0.2) is 12.3 Å². The molecule has 1 rings (SSSR count). The van der Waals surface area contributed by atoms with E-state index in [4.69, 9.17) is 0 Å². The van der Waals surface area contributed by atoms with Crippen molar-refractivity contribution in [3.8, 4) is 0 Å². The molecule has 0 aliphatic carbocycles. The van der Waals surface area contributed by atoms with Crippen molar-refractivity contribution in [3.63, 3.8) is 0 Å². The van der Waals surface area contributed by atoms with Gasteiger partial charge in [-0.05, 0) is 50.5 Å². The van der Waals surface area contributed by atoms with Gasteiger partial charge in [0.2, 0.25) is 0 Å². The van der Waals surface area contributed by atoms with Crippen LogP contribution in [0, 0.1) is 13.8 Å². The minimum Gasteiger partial charge on any atom is -0.385 e. The van der Waals surface area contributed by atoms with Gasteiger partial charge in [-0.25, -0.2) is 0 Å². The highest BCUT2D eigenvalue weighted by atomic mass is 16.1. The van der Waals surface area contributed by atoms with Gasteiger partial charge in [-0.2, -0.15) is 0 Å². The molecule has 0 atom stereocenters. The molecule has 0 fully saturated rings.